The number of hydrogen-bond acceptors (Lipinski definition) is 10. The molecule has 5 rings (SSSR count). The highest BCUT2D eigenvalue weighted by molar-refractivity contribution is 6.08. The zero-order valence-corrected chi connectivity index (χ0v) is 24.6. The smallest absolute Gasteiger partial charge is 0.311 e. The van der Waals surface area contributed by atoms with Crippen molar-refractivity contribution in [3.05, 3.63) is 109 Å². The first-order valence-corrected chi connectivity index (χ1v) is 14.1. The zero-order chi connectivity index (χ0) is 32.1. The molecule has 1 heterocycles. The number of amides is 1. The first-order valence-electron chi connectivity index (χ1n) is 14.1. The number of nitro groups is 2. The van der Waals surface area contributed by atoms with Crippen LogP contribution >= 0.6 is 0 Å². The fourth-order valence-corrected chi connectivity index (χ4v) is 5.64. The van der Waals surface area contributed by atoms with Crippen molar-refractivity contribution in [2.45, 2.75) is 31.7 Å². The Balaban J connectivity index is 1.38. The van der Waals surface area contributed by atoms with Crippen molar-refractivity contribution in [2.75, 3.05) is 20.8 Å². The number of non-ortho nitro benzene ring substituents is 1. The number of hydrazone groups is 1. The Hall–Kier alpha value is -5.59. The highest BCUT2D eigenvalue weighted by atomic mass is 16.6. The third-order valence-corrected chi connectivity index (χ3v) is 7.84. The maximum atomic E-state index is 13.6. The molecular weight excluding hydrogens is 584 g/mol. The summed E-state index contributed by atoms with van der Waals surface area (Å²) < 4.78 is 15.8. The second kappa shape index (κ2) is 13.4. The van der Waals surface area contributed by atoms with Crippen molar-refractivity contribution in [1.29, 1.82) is 0 Å². The van der Waals surface area contributed by atoms with E-state index in [-0.39, 0.29) is 11.5 Å². The number of carbonyl (C=O) groups excluding carboxylic acids is 2. The Morgan fingerprint density at radius 2 is 1.62 bits per heavy atom. The van der Waals surface area contributed by atoms with Gasteiger partial charge in [-0.1, -0.05) is 24.3 Å². The third kappa shape index (κ3) is 6.82. The number of esters is 1. The Labute approximate surface area is 258 Å². The Morgan fingerprint density at radius 1 is 0.956 bits per heavy atom. The molecule has 1 fully saturated rings. The van der Waals surface area contributed by atoms with Gasteiger partial charge in [-0.25, -0.2) is 5.01 Å². The molecule has 2 unspecified atom stereocenters. The highest BCUT2D eigenvalue weighted by Crippen LogP contribution is 2.44. The minimum Gasteiger partial charge on any atom is -0.497 e. The van der Waals surface area contributed by atoms with Crippen LogP contribution in [0.2, 0.25) is 0 Å². The van der Waals surface area contributed by atoms with Gasteiger partial charge in [0.15, 0.2) is 6.61 Å². The molecule has 3 aromatic carbocycles. The fraction of sp³-hybridized carbons (Fsp3) is 0.281. The molecule has 232 valence electrons. The number of hydrogen-bond donors (Lipinski definition) is 0. The van der Waals surface area contributed by atoms with Gasteiger partial charge in [0.05, 0.1) is 48.3 Å². The summed E-state index contributed by atoms with van der Waals surface area (Å²) >= 11 is 0. The van der Waals surface area contributed by atoms with E-state index in [0.29, 0.717) is 5.75 Å². The summed E-state index contributed by atoms with van der Waals surface area (Å²) in [5, 5.41) is 28.6. The second-order valence-electron chi connectivity index (χ2n) is 10.5. The standard InChI is InChI=1S/C32H30N4O9/c1-43-25-12-6-20(7-13-25)16-23-4-3-5-27-31(23)33-34(32(27)21-9-14-26(44-2)15-10-21)29(37)19-45-30(38)17-22-8-11-24(35(39)40)18-28(22)36(41)42/h6-16,18,27,32H,3-5,17,19H2,1-2H3. The topological polar surface area (TPSA) is 164 Å². The van der Waals surface area contributed by atoms with Crippen molar-refractivity contribution in [2.24, 2.45) is 11.0 Å². The molecule has 3 aromatic rings. The normalized spacial score (nSPS) is 18.1. The number of nitro benzene ring substituents is 2. The van der Waals surface area contributed by atoms with Crippen LogP contribution in [0.5, 0.6) is 11.5 Å². The van der Waals surface area contributed by atoms with Crippen molar-refractivity contribution in [3.8, 4) is 11.5 Å². The number of nitrogens with zero attached hydrogens (tertiary/aromatic N) is 4. The molecule has 2 atom stereocenters. The van der Waals surface area contributed by atoms with E-state index < -0.39 is 52.2 Å². The quantitative estimate of drug-likeness (QED) is 0.165. The molecule has 1 saturated carbocycles. The first kappa shape index (κ1) is 30.9. The lowest BCUT2D eigenvalue weighted by Gasteiger charge is -2.29. The summed E-state index contributed by atoms with van der Waals surface area (Å²) in [4.78, 5) is 47.2. The van der Waals surface area contributed by atoms with Crippen LogP contribution in [0.25, 0.3) is 6.08 Å². The Kier molecular flexibility index (Phi) is 9.17. The van der Waals surface area contributed by atoms with Gasteiger partial charge < -0.3 is 14.2 Å². The molecule has 2 aliphatic rings. The molecule has 1 amide bonds. The monoisotopic (exact) mass is 614 g/mol. The largest absolute Gasteiger partial charge is 0.497 e. The van der Waals surface area contributed by atoms with Crippen LogP contribution in [0.4, 0.5) is 11.4 Å². The molecule has 0 radical (unpaired) electrons. The van der Waals surface area contributed by atoms with Crippen molar-refractivity contribution in [1.82, 2.24) is 5.01 Å². The van der Waals surface area contributed by atoms with Crippen LogP contribution in [0, 0.1) is 26.1 Å². The number of benzene rings is 3. The van der Waals surface area contributed by atoms with E-state index >= 15 is 0 Å². The molecule has 45 heavy (non-hydrogen) atoms. The summed E-state index contributed by atoms with van der Waals surface area (Å²) in [6.45, 7) is -0.646. The van der Waals surface area contributed by atoms with E-state index in [1.807, 2.05) is 48.5 Å². The molecule has 0 saturated heterocycles. The zero-order valence-electron chi connectivity index (χ0n) is 24.6. The van der Waals surface area contributed by atoms with Gasteiger partial charge in [0.1, 0.15) is 11.5 Å². The van der Waals surface area contributed by atoms with Crippen molar-refractivity contribution < 1.29 is 33.6 Å². The van der Waals surface area contributed by atoms with Crippen LogP contribution in [-0.2, 0) is 20.7 Å². The van der Waals surface area contributed by atoms with E-state index in [9.17, 15) is 29.8 Å². The number of carbonyl (C=O) groups is 2. The average Bonchev–Trinajstić information content (AvgIpc) is 3.45. The van der Waals surface area contributed by atoms with E-state index in [1.165, 1.54) is 5.01 Å². The van der Waals surface area contributed by atoms with E-state index in [4.69, 9.17) is 19.3 Å². The fourth-order valence-electron chi connectivity index (χ4n) is 5.64. The van der Waals surface area contributed by atoms with Gasteiger partial charge in [-0.3, -0.25) is 29.8 Å². The summed E-state index contributed by atoms with van der Waals surface area (Å²) in [6.07, 6.45) is 3.98. The van der Waals surface area contributed by atoms with Crippen molar-refractivity contribution >= 4 is 35.0 Å². The number of methoxy groups -OCH3 is 2. The summed E-state index contributed by atoms with van der Waals surface area (Å²) in [7, 11) is 3.17. The van der Waals surface area contributed by atoms with Gasteiger partial charge in [-0.2, -0.15) is 5.10 Å². The highest BCUT2D eigenvalue weighted by Gasteiger charge is 2.44. The second-order valence-corrected chi connectivity index (χ2v) is 10.5. The maximum Gasteiger partial charge on any atom is 0.311 e. The molecular formula is C32H30N4O9. The molecule has 0 bridgehead atoms. The Morgan fingerprint density at radius 3 is 2.24 bits per heavy atom. The molecule has 13 nitrogen and oxygen atoms in total. The van der Waals surface area contributed by atoms with E-state index in [1.54, 1.807) is 14.2 Å². The van der Waals surface area contributed by atoms with Gasteiger partial charge in [0.2, 0.25) is 0 Å². The van der Waals surface area contributed by atoms with Crippen LogP contribution < -0.4 is 9.47 Å². The van der Waals surface area contributed by atoms with Gasteiger partial charge in [0, 0.05) is 17.5 Å². The molecule has 0 aromatic heterocycles. The lowest BCUT2D eigenvalue weighted by molar-refractivity contribution is -0.394. The van der Waals surface area contributed by atoms with E-state index in [2.05, 4.69) is 6.08 Å². The molecule has 1 aliphatic heterocycles. The van der Waals surface area contributed by atoms with Gasteiger partial charge in [0.25, 0.3) is 17.3 Å². The molecule has 1 aliphatic carbocycles. The molecule has 0 N–H and O–H groups in total. The minimum absolute atomic E-state index is 0.0695. The summed E-state index contributed by atoms with van der Waals surface area (Å²) in [5.74, 6) is -0.155. The summed E-state index contributed by atoms with van der Waals surface area (Å²) in [6, 6.07) is 17.6. The predicted molar refractivity (Wildman–Crippen MR) is 163 cm³/mol. The molecule has 0 spiro atoms. The number of rotatable bonds is 10. The predicted octanol–water partition coefficient (Wildman–Crippen LogP) is 5.43. The Bertz CT molecular complexity index is 1680. The maximum absolute atomic E-state index is 13.6. The van der Waals surface area contributed by atoms with Gasteiger partial charge in [-0.15, -0.1) is 0 Å². The lowest BCUT2D eigenvalue weighted by atomic mass is 9.77. The summed E-state index contributed by atoms with van der Waals surface area (Å²) in [5.41, 5.74) is 2.47. The van der Waals surface area contributed by atoms with Crippen LogP contribution in [0.1, 0.15) is 42.0 Å². The van der Waals surface area contributed by atoms with Gasteiger partial charge in [-0.05, 0) is 72.4 Å². The average molecular weight is 615 g/mol. The van der Waals surface area contributed by atoms with Crippen LogP contribution in [0.15, 0.2) is 77.4 Å². The number of fused-ring (bicyclic) bond motifs is 1. The SMILES string of the molecule is COc1ccc(C=C2CCCC3C2=NN(C(=O)COC(=O)Cc2ccc([N+](=O)[O-])cc2[N+](=O)[O-])C3c2ccc(OC)cc2)cc1. The van der Waals surface area contributed by atoms with E-state index in [0.717, 1.165) is 65.6 Å². The number of allylic oxidation sites excluding steroid dienone is 1. The lowest BCUT2D eigenvalue weighted by Crippen LogP contribution is -2.34. The molecule has 13 heteroatoms. The third-order valence-electron chi connectivity index (χ3n) is 7.84. The van der Waals surface area contributed by atoms with Crippen molar-refractivity contribution in [3.63, 3.8) is 0 Å². The first-order chi connectivity index (χ1) is 21.7. The number of ether oxygens (including phenoxy) is 3. The van der Waals surface area contributed by atoms with Crippen LogP contribution in [0.3, 0.4) is 0 Å². The van der Waals surface area contributed by atoms with Crippen LogP contribution in [-0.4, -0.2) is 53.3 Å². The minimum atomic E-state index is -0.898. The van der Waals surface area contributed by atoms with Gasteiger partial charge >= 0.3 is 5.97 Å².